The van der Waals surface area contributed by atoms with E-state index in [1.165, 1.54) is 4.90 Å². The van der Waals surface area contributed by atoms with Crippen molar-refractivity contribution >= 4 is 23.4 Å². The van der Waals surface area contributed by atoms with Crippen molar-refractivity contribution in [3.05, 3.63) is 58.6 Å². The van der Waals surface area contributed by atoms with Crippen LogP contribution in [0.15, 0.2) is 47.4 Å². The van der Waals surface area contributed by atoms with E-state index in [4.69, 9.17) is 22.1 Å². The number of hydrogen-bond acceptors (Lipinski definition) is 3. The second-order valence-corrected chi connectivity index (χ2v) is 5.55. The van der Waals surface area contributed by atoms with Crippen LogP contribution in [0.5, 0.6) is 5.75 Å². The first-order valence-corrected chi connectivity index (χ1v) is 7.33. The molecule has 4 heteroatoms. The summed E-state index contributed by atoms with van der Waals surface area (Å²) < 4.78 is 5.21. The van der Waals surface area contributed by atoms with Crippen LogP contribution in [-0.2, 0) is 12.3 Å². The summed E-state index contributed by atoms with van der Waals surface area (Å²) in [5.74, 6) is 1.70. The van der Waals surface area contributed by atoms with Crippen molar-refractivity contribution in [2.24, 2.45) is 5.73 Å². The van der Waals surface area contributed by atoms with Gasteiger partial charge in [0.25, 0.3) is 0 Å². The number of hydrogen-bond donors (Lipinski definition) is 1. The molecule has 0 aliphatic carbocycles. The summed E-state index contributed by atoms with van der Waals surface area (Å²) in [4.78, 5) is 1.17. The van der Waals surface area contributed by atoms with Gasteiger partial charge in [0, 0.05) is 22.2 Å². The summed E-state index contributed by atoms with van der Waals surface area (Å²) in [7, 11) is 1.67. The summed E-state index contributed by atoms with van der Waals surface area (Å²) >= 11 is 7.97. The van der Waals surface area contributed by atoms with Crippen molar-refractivity contribution in [1.82, 2.24) is 0 Å². The fourth-order valence-electron chi connectivity index (χ4n) is 1.69. The van der Waals surface area contributed by atoms with Crippen LogP contribution in [0.4, 0.5) is 0 Å². The van der Waals surface area contributed by atoms with E-state index >= 15 is 0 Å². The van der Waals surface area contributed by atoms with E-state index in [1.807, 2.05) is 36.4 Å². The predicted molar refractivity (Wildman–Crippen MR) is 81.9 cm³/mol. The van der Waals surface area contributed by atoms with Gasteiger partial charge in [0.2, 0.25) is 0 Å². The van der Waals surface area contributed by atoms with Crippen LogP contribution in [0.25, 0.3) is 0 Å². The average Bonchev–Trinajstić information content (AvgIpc) is 2.46. The van der Waals surface area contributed by atoms with Crippen molar-refractivity contribution < 1.29 is 4.74 Å². The highest BCUT2D eigenvalue weighted by Crippen LogP contribution is 2.29. The maximum atomic E-state index is 6.24. The molecular weight excluding hydrogens is 278 g/mol. The van der Waals surface area contributed by atoms with Gasteiger partial charge < -0.3 is 10.5 Å². The van der Waals surface area contributed by atoms with Crippen LogP contribution in [0.3, 0.4) is 0 Å². The van der Waals surface area contributed by atoms with Gasteiger partial charge in [-0.1, -0.05) is 29.8 Å². The Morgan fingerprint density at radius 1 is 1.21 bits per heavy atom. The predicted octanol–water partition coefficient (Wildman–Crippen LogP) is 4.10. The van der Waals surface area contributed by atoms with Gasteiger partial charge in [0.15, 0.2) is 0 Å². The molecule has 2 rings (SSSR count). The van der Waals surface area contributed by atoms with Gasteiger partial charge in [-0.25, -0.2) is 0 Å². The molecule has 0 spiro atoms. The quantitative estimate of drug-likeness (QED) is 0.843. The summed E-state index contributed by atoms with van der Waals surface area (Å²) in [6.07, 6.45) is 0. The normalized spacial score (nSPS) is 10.5. The van der Waals surface area contributed by atoms with Crippen molar-refractivity contribution in [2.75, 3.05) is 7.11 Å². The average molecular weight is 294 g/mol. The zero-order valence-corrected chi connectivity index (χ0v) is 12.3. The molecule has 0 saturated carbocycles. The monoisotopic (exact) mass is 293 g/mol. The van der Waals surface area contributed by atoms with Crippen molar-refractivity contribution in [3.8, 4) is 5.75 Å². The van der Waals surface area contributed by atoms with Gasteiger partial charge >= 0.3 is 0 Å². The standard InChI is InChI=1S/C15H16ClNOS/c1-18-13-3-2-4-14(8-13)19-10-12-6-5-11(9-17)7-15(12)16/h2-8H,9-10,17H2,1H3. The number of rotatable bonds is 5. The lowest BCUT2D eigenvalue weighted by atomic mass is 10.1. The first-order chi connectivity index (χ1) is 9.22. The molecule has 0 heterocycles. The SMILES string of the molecule is COc1cccc(SCc2ccc(CN)cc2Cl)c1. The number of benzene rings is 2. The molecule has 0 saturated heterocycles. The maximum absolute atomic E-state index is 6.24. The molecule has 0 aromatic heterocycles. The third kappa shape index (κ3) is 3.90. The van der Waals surface area contributed by atoms with Crippen LogP contribution in [0, 0.1) is 0 Å². The smallest absolute Gasteiger partial charge is 0.119 e. The summed E-state index contributed by atoms with van der Waals surface area (Å²) in [6.45, 7) is 0.517. The summed E-state index contributed by atoms with van der Waals surface area (Å²) in [5, 5.41) is 0.776. The molecule has 2 aromatic carbocycles. The molecule has 0 amide bonds. The van der Waals surface area contributed by atoms with Gasteiger partial charge in [0.05, 0.1) is 7.11 Å². The van der Waals surface area contributed by atoms with Crippen LogP contribution in [-0.4, -0.2) is 7.11 Å². The van der Waals surface area contributed by atoms with Gasteiger partial charge in [0.1, 0.15) is 5.75 Å². The zero-order valence-electron chi connectivity index (χ0n) is 10.7. The molecule has 2 nitrogen and oxygen atoms in total. The lowest BCUT2D eigenvalue weighted by Gasteiger charge is -2.07. The lowest BCUT2D eigenvalue weighted by Crippen LogP contribution is -1.96. The van der Waals surface area contributed by atoms with E-state index in [0.717, 1.165) is 27.7 Å². The zero-order chi connectivity index (χ0) is 13.7. The highest BCUT2D eigenvalue weighted by atomic mass is 35.5. The Bertz CT molecular complexity index is 560. The van der Waals surface area contributed by atoms with E-state index in [1.54, 1.807) is 18.9 Å². The largest absolute Gasteiger partial charge is 0.497 e. The minimum atomic E-state index is 0.517. The second-order valence-electron chi connectivity index (χ2n) is 4.10. The molecule has 0 fully saturated rings. The number of halogens is 1. The fraction of sp³-hybridized carbons (Fsp3) is 0.200. The topological polar surface area (TPSA) is 35.2 Å². The van der Waals surface area contributed by atoms with Crippen molar-refractivity contribution in [2.45, 2.75) is 17.2 Å². The van der Waals surface area contributed by atoms with Crippen molar-refractivity contribution in [3.63, 3.8) is 0 Å². The number of thioether (sulfide) groups is 1. The molecule has 0 aliphatic heterocycles. The third-order valence-corrected chi connectivity index (χ3v) is 4.18. The molecule has 0 unspecified atom stereocenters. The molecule has 100 valence electrons. The Morgan fingerprint density at radius 3 is 2.74 bits per heavy atom. The number of methoxy groups -OCH3 is 1. The van der Waals surface area contributed by atoms with Gasteiger partial charge in [-0.2, -0.15) is 0 Å². The summed E-state index contributed by atoms with van der Waals surface area (Å²) in [6, 6.07) is 14.0. The van der Waals surface area contributed by atoms with Crippen LogP contribution in [0.2, 0.25) is 5.02 Å². The molecule has 0 bridgehead atoms. The van der Waals surface area contributed by atoms with Gasteiger partial charge in [-0.3, -0.25) is 0 Å². The molecule has 2 aromatic rings. The number of ether oxygens (including phenoxy) is 1. The minimum Gasteiger partial charge on any atom is -0.497 e. The highest BCUT2D eigenvalue weighted by Gasteiger charge is 2.03. The molecular formula is C15H16ClNOS. The Kier molecular flexibility index (Phi) is 5.14. The molecule has 19 heavy (non-hydrogen) atoms. The Morgan fingerprint density at radius 2 is 2.05 bits per heavy atom. The molecule has 0 aliphatic rings. The fourth-order valence-corrected chi connectivity index (χ4v) is 2.98. The lowest BCUT2D eigenvalue weighted by molar-refractivity contribution is 0.413. The molecule has 0 atom stereocenters. The Balaban J connectivity index is 2.05. The van der Waals surface area contributed by atoms with Crippen LogP contribution >= 0.6 is 23.4 Å². The third-order valence-electron chi connectivity index (χ3n) is 2.79. The Labute approximate surface area is 122 Å². The second kappa shape index (κ2) is 6.85. The van der Waals surface area contributed by atoms with Crippen molar-refractivity contribution in [1.29, 1.82) is 0 Å². The van der Waals surface area contributed by atoms with E-state index in [9.17, 15) is 0 Å². The summed E-state index contributed by atoms with van der Waals surface area (Å²) in [5.41, 5.74) is 7.76. The van der Waals surface area contributed by atoms with Crippen LogP contribution < -0.4 is 10.5 Å². The molecule has 2 N–H and O–H groups in total. The van der Waals surface area contributed by atoms with Gasteiger partial charge in [-0.05, 0) is 35.4 Å². The van der Waals surface area contributed by atoms with Gasteiger partial charge in [-0.15, -0.1) is 11.8 Å². The van der Waals surface area contributed by atoms with E-state index < -0.39 is 0 Å². The number of nitrogens with two attached hydrogens (primary N) is 1. The minimum absolute atomic E-state index is 0.517. The first-order valence-electron chi connectivity index (χ1n) is 5.97. The van der Waals surface area contributed by atoms with E-state index in [-0.39, 0.29) is 0 Å². The first kappa shape index (κ1) is 14.3. The van der Waals surface area contributed by atoms with E-state index in [0.29, 0.717) is 6.54 Å². The maximum Gasteiger partial charge on any atom is 0.119 e. The molecule has 0 radical (unpaired) electrons. The van der Waals surface area contributed by atoms with Crippen LogP contribution in [0.1, 0.15) is 11.1 Å². The highest BCUT2D eigenvalue weighted by molar-refractivity contribution is 7.98. The van der Waals surface area contributed by atoms with E-state index in [2.05, 4.69) is 6.07 Å². The Hall–Kier alpha value is -1.16.